The van der Waals surface area contributed by atoms with Crippen molar-refractivity contribution >= 4 is 5.97 Å². The SMILES string of the molecule is O=C(O)c1cn(CCOC(F)(F)F)cc1C(F)(F)F. The summed E-state index contributed by atoms with van der Waals surface area (Å²) < 4.78 is 76.4. The summed E-state index contributed by atoms with van der Waals surface area (Å²) in [5.74, 6) is -1.82. The molecule has 0 aromatic carbocycles. The Morgan fingerprint density at radius 1 is 1.21 bits per heavy atom. The van der Waals surface area contributed by atoms with Gasteiger partial charge >= 0.3 is 18.5 Å². The smallest absolute Gasteiger partial charge is 0.478 e. The number of halogens is 6. The van der Waals surface area contributed by atoms with E-state index in [9.17, 15) is 31.1 Å². The lowest BCUT2D eigenvalue weighted by Crippen LogP contribution is -2.17. The summed E-state index contributed by atoms with van der Waals surface area (Å²) in [5, 5.41) is 8.57. The third kappa shape index (κ3) is 4.47. The second-order valence-electron chi connectivity index (χ2n) is 3.42. The van der Waals surface area contributed by atoms with Crippen LogP contribution >= 0.6 is 0 Å². The monoisotopic (exact) mass is 291 g/mol. The number of aromatic carboxylic acids is 1. The molecule has 0 aliphatic rings. The molecule has 1 aromatic rings. The van der Waals surface area contributed by atoms with Gasteiger partial charge in [0.05, 0.1) is 17.7 Å². The van der Waals surface area contributed by atoms with Crippen LogP contribution in [0.15, 0.2) is 12.4 Å². The van der Waals surface area contributed by atoms with Gasteiger partial charge in [-0.25, -0.2) is 4.79 Å². The van der Waals surface area contributed by atoms with Crippen molar-refractivity contribution in [1.82, 2.24) is 4.57 Å². The Morgan fingerprint density at radius 2 is 1.79 bits per heavy atom. The minimum absolute atomic E-state index is 0.420. The van der Waals surface area contributed by atoms with Crippen LogP contribution < -0.4 is 0 Å². The van der Waals surface area contributed by atoms with E-state index in [1.165, 1.54) is 0 Å². The van der Waals surface area contributed by atoms with Crippen molar-refractivity contribution in [2.45, 2.75) is 19.1 Å². The molecule has 4 nitrogen and oxygen atoms in total. The minimum Gasteiger partial charge on any atom is -0.478 e. The molecule has 0 saturated heterocycles. The predicted octanol–water partition coefficient (Wildman–Crippen LogP) is 2.74. The first-order valence-corrected chi connectivity index (χ1v) is 4.71. The number of alkyl halides is 6. The van der Waals surface area contributed by atoms with Gasteiger partial charge in [0.15, 0.2) is 0 Å². The molecule has 0 saturated carbocycles. The van der Waals surface area contributed by atoms with E-state index < -0.39 is 42.8 Å². The van der Waals surface area contributed by atoms with Gasteiger partial charge in [-0.2, -0.15) is 13.2 Å². The standard InChI is InChI=1S/C9H7F6NO3/c10-8(11,12)6-4-16(3-5(6)7(17)18)1-2-19-9(13,14)15/h3-4H,1-2H2,(H,17,18). The van der Waals surface area contributed by atoms with E-state index >= 15 is 0 Å². The summed E-state index contributed by atoms with van der Waals surface area (Å²) in [7, 11) is 0. The van der Waals surface area contributed by atoms with E-state index in [0.717, 1.165) is 0 Å². The average molecular weight is 291 g/mol. The molecule has 1 N–H and O–H groups in total. The van der Waals surface area contributed by atoms with E-state index in [0.29, 0.717) is 17.0 Å². The fraction of sp³-hybridized carbons (Fsp3) is 0.444. The predicted molar refractivity (Wildman–Crippen MR) is 48.4 cm³/mol. The van der Waals surface area contributed by atoms with E-state index in [1.54, 1.807) is 0 Å². The van der Waals surface area contributed by atoms with Crippen LogP contribution in [0.5, 0.6) is 0 Å². The van der Waals surface area contributed by atoms with Crippen molar-refractivity contribution in [2.75, 3.05) is 6.61 Å². The Hall–Kier alpha value is -1.71. The van der Waals surface area contributed by atoms with Crippen LogP contribution in [0.1, 0.15) is 15.9 Å². The number of aromatic nitrogens is 1. The lowest BCUT2D eigenvalue weighted by atomic mass is 10.2. The van der Waals surface area contributed by atoms with Gasteiger partial charge in [0.1, 0.15) is 0 Å². The van der Waals surface area contributed by atoms with Crippen LogP contribution in [0.4, 0.5) is 26.3 Å². The molecule has 0 spiro atoms. The molecular weight excluding hydrogens is 284 g/mol. The summed E-state index contributed by atoms with van der Waals surface area (Å²) in [4.78, 5) is 10.6. The minimum atomic E-state index is -4.90. The van der Waals surface area contributed by atoms with Crippen molar-refractivity contribution in [1.29, 1.82) is 0 Å². The van der Waals surface area contributed by atoms with Gasteiger partial charge < -0.3 is 9.67 Å². The topological polar surface area (TPSA) is 51.5 Å². The van der Waals surface area contributed by atoms with Crippen molar-refractivity contribution in [3.8, 4) is 0 Å². The van der Waals surface area contributed by atoms with E-state index in [4.69, 9.17) is 5.11 Å². The lowest BCUT2D eigenvalue weighted by molar-refractivity contribution is -0.325. The number of nitrogens with zero attached hydrogens (tertiary/aromatic N) is 1. The lowest BCUT2D eigenvalue weighted by Gasteiger charge is -2.07. The molecule has 108 valence electrons. The van der Waals surface area contributed by atoms with Crippen LogP contribution in [-0.4, -0.2) is 28.6 Å². The highest BCUT2D eigenvalue weighted by molar-refractivity contribution is 5.89. The molecule has 0 fully saturated rings. The van der Waals surface area contributed by atoms with Crippen molar-refractivity contribution in [3.63, 3.8) is 0 Å². The van der Waals surface area contributed by atoms with Gasteiger partial charge in [0.2, 0.25) is 0 Å². The number of rotatable bonds is 4. The zero-order chi connectivity index (χ0) is 14.8. The molecule has 0 aliphatic heterocycles. The highest BCUT2D eigenvalue weighted by Gasteiger charge is 2.37. The molecule has 0 aliphatic carbocycles. The van der Waals surface area contributed by atoms with Crippen molar-refractivity contribution < 1.29 is 41.0 Å². The van der Waals surface area contributed by atoms with Crippen LogP contribution in [0, 0.1) is 0 Å². The highest BCUT2D eigenvalue weighted by atomic mass is 19.4. The molecule has 1 rings (SSSR count). The van der Waals surface area contributed by atoms with Gasteiger partial charge in [-0.1, -0.05) is 0 Å². The summed E-state index contributed by atoms with van der Waals surface area (Å²) in [6, 6.07) is 0. The maximum Gasteiger partial charge on any atom is 0.522 e. The first-order chi connectivity index (χ1) is 8.50. The number of carboxylic acids is 1. The Bertz CT molecular complexity index is 462. The Kier molecular flexibility index (Phi) is 4.13. The van der Waals surface area contributed by atoms with Gasteiger partial charge in [-0.15, -0.1) is 13.2 Å². The van der Waals surface area contributed by atoms with E-state index in [2.05, 4.69) is 4.74 Å². The van der Waals surface area contributed by atoms with Crippen LogP contribution in [-0.2, 0) is 17.5 Å². The molecular formula is C9H7F6NO3. The first-order valence-electron chi connectivity index (χ1n) is 4.71. The molecule has 19 heavy (non-hydrogen) atoms. The molecule has 1 heterocycles. The number of carboxylic acid groups (broad SMARTS) is 1. The van der Waals surface area contributed by atoms with Crippen LogP contribution in [0.2, 0.25) is 0 Å². The molecule has 0 bridgehead atoms. The maximum atomic E-state index is 12.4. The van der Waals surface area contributed by atoms with Crippen LogP contribution in [0.3, 0.4) is 0 Å². The fourth-order valence-corrected chi connectivity index (χ4v) is 1.30. The molecule has 10 heteroatoms. The summed E-state index contributed by atoms with van der Waals surface area (Å²) >= 11 is 0. The van der Waals surface area contributed by atoms with Gasteiger partial charge in [0.25, 0.3) is 0 Å². The first kappa shape index (κ1) is 15.3. The summed E-state index contributed by atoms with van der Waals surface area (Å²) in [6.45, 7) is -1.48. The number of ether oxygens (including phenoxy) is 1. The van der Waals surface area contributed by atoms with E-state index in [-0.39, 0.29) is 0 Å². The molecule has 0 unspecified atom stereocenters. The quantitative estimate of drug-likeness (QED) is 0.868. The summed E-state index contributed by atoms with van der Waals surface area (Å²) in [6.07, 6.45) is -8.77. The zero-order valence-electron chi connectivity index (χ0n) is 9.05. The maximum absolute atomic E-state index is 12.4. The second-order valence-corrected chi connectivity index (χ2v) is 3.42. The Balaban J connectivity index is 2.85. The van der Waals surface area contributed by atoms with Crippen LogP contribution in [0.25, 0.3) is 0 Å². The normalized spacial score (nSPS) is 12.7. The third-order valence-electron chi connectivity index (χ3n) is 2.03. The number of carbonyl (C=O) groups is 1. The van der Waals surface area contributed by atoms with Crippen molar-refractivity contribution in [2.24, 2.45) is 0 Å². The van der Waals surface area contributed by atoms with Gasteiger partial charge in [-0.3, -0.25) is 4.74 Å². The van der Waals surface area contributed by atoms with Gasteiger partial charge in [0, 0.05) is 18.9 Å². The highest BCUT2D eigenvalue weighted by Crippen LogP contribution is 2.32. The Morgan fingerprint density at radius 3 is 2.16 bits per heavy atom. The summed E-state index contributed by atoms with van der Waals surface area (Å²) in [5.41, 5.74) is -2.45. The van der Waals surface area contributed by atoms with Crippen molar-refractivity contribution in [3.05, 3.63) is 23.5 Å². The Labute approximate surface area is 102 Å². The average Bonchev–Trinajstić information content (AvgIpc) is 2.59. The third-order valence-corrected chi connectivity index (χ3v) is 2.03. The number of hydrogen-bond acceptors (Lipinski definition) is 2. The second kappa shape index (κ2) is 5.11. The molecule has 0 amide bonds. The van der Waals surface area contributed by atoms with E-state index in [1.807, 2.05) is 0 Å². The van der Waals surface area contributed by atoms with Gasteiger partial charge in [-0.05, 0) is 0 Å². The molecule has 0 radical (unpaired) electrons. The molecule has 1 aromatic heterocycles. The number of hydrogen-bond donors (Lipinski definition) is 1. The fourth-order valence-electron chi connectivity index (χ4n) is 1.30. The molecule has 0 atom stereocenters. The largest absolute Gasteiger partial charge is 0.522 e. The zero-order valence-corrected chi connectivity index (χ0v) is 9.05.